The first-order chi connectivity index (χ1) is 18.8. The number of sulfone groups is 1. The first-order valence-electron chi connectivity index (χ1n) is 12.4. The number of fused-ring (bicyclic) bond motifs is 1. The second-order valence-electron chi connectivity index (χ2n) is 8.83. The first-order valence-corrected chi connectivity index (χ1v) is 14.8. The van der Waals surface area contributed by atoms with Gasteiger partial charge in [-0.25, -0.2) is 18.4 Å². The number of benzene rings is 1. The van der Waals surface area contributed by atoms with Crippen molar-refractivity contribution < 1.29 is 32.6 Å². The summed E-state index contributed by atoms with van der Waals surface area (Å²) in [5, 5.41) is 16.4. The number of hydrogen-bond acceptors (Lipinski definition) is 12. The molecule has 1 aliphatic heterocycles. The number of aromatic nitrogens is 2. The zero-order chi connectivity index (χ0) is 27.8. The number of thiazole rings is 1. The van der Waals surface area contributed by atoms with Crippen LogP contribution in [-0.4, -0.2) is 94.1 Å². The largest absolute Gasteiger partial charge is 0.395 e. The summed E-state index contributed by atoms with van der Waals surface area (Å²) in [6.07, 6.45) is 0.742. The van der Waals surface area contributed by atoms with Crippen LogP contribution < -0.4 is 10.2 Å². The molecule has 4 rings (SSSR count). The third-order valence-corrected chi connectivity index (χ3v) is 8.63. The van der Waals surface area contributed by atoms with Gasteiger partial charge in [-0.2, -0.15) is 0 Å². The standard InChI is InChI=1S/C25H31N5O7S2/c1-30(11-12-31)21-9-8-20-24(27-21)38-25(26-20)28-23(32)22(29-37-18-10-14-36-16-18)17-4-6-19(7-5-17)39(33,34)15-3-13-35-2/h4-9,18,31H,3,10-16H2,1-2H3,(H,26,28,32)/b29-22+/t18-/m1/s1. The quantitative estimate of drug-likeness (QED) is 0.175. The molecule has 0 unspecified atom stereocenters. The lowest BCUT2D eigenvalue weighted by Crippen LogP contribution is -2.25. The van der Waals surface area contributed by atoms with Crippen molar-refractivity contribution in [1.82, 2.24) is 9.97 Å². The van der Waals surface area contributed by atoms with Crippen LogP contribution in [0.4, 0.5) is 10.9 Å². The number of aliphatic hydroxyl groups excluding tert-OH is 1. The smallest absolute Gasteiger partial charge is 0.280 e. The fourth-order valence-corrected chi connectivity index (χ4v) is 5.89. The Labute approximate surface area is 230 Å². The van der Waals surface area contributed by atoms with E-state index in [9.17, 15) is 18.3 Å². The van der Waals surface area contributed by atoms with Gasteiger partial charge < -0.3 is 24.3 Å². The van der Waals surface area contributed by atoms with Crippen molar-refractivity contribution in [2.45, 2.75) is 23.8 Å². The first kappa shape index (κ1) is 28.8. The number of oxime groups is 1. The van der Waals surface area contributed by atoms with Crippen LogP contribution >= 0.6 is 11.3 Å². The van der Waals surface area contributed by atoms with Crippen molar-refractivity contribution in [1.29, 1.82) is 0 Å². The van der Waals surface area contributed by atoms with E-state index in [0.29, 0.717) is 66.1 Å². The lowest BCUT2D eigenvalue weighted by atomic mass is 10.1. The van der Waals surface area contributed by atoms with Crippen molar-refractivity contribution >= 4 is 54.1 Å². The predicted molar refractivity (Wildman–Crippen MR) is 148 cm³/mol. The summed E-state index contributed by atoms with van der Waals surface area (Å²) in [6, 6.07) is 9.54. The Morgan fingerprint density at radius 2 is 2.05 bits per heavy atom. The van der Waals surface area contributed by atoms with Gasteiger partial charge in [0.1, 0.15) is 16.2 Å². The molecule has 3 aromatic rings. The zero-order valence-electron chi connectivity index (χ0n) is 21.7. The Morgan fingerprint density at radius 1 is 1.26 bits per heavy atom. The number of nitrogens with zero attached hydrogens (tertiary/aromatic N) is 4. The highest BCUT2D eigenvalue weighted by molar-refractivity contribution is 7.91. The number of carbonyl (C=O) groups excluding carboxylic acids is 1. The molecular formula is C25H31N5O7S2. The van der Waals surface area contributed by atoms with Crippen molar-refractivity contribution in [3.8, 4) is 0 Å². The summed E-state index contributed by atoms with van der Waals surface area (Å²) in [5.41, 5.74) is 0.965. The van der Waals surface area contributed by atoms with Crippen LogP contribution in [0.3, 0.4) is 0 Å². The Kier molecular flexibility index (Phi) is 9.80. The minimum absolute atomic E-state index is 0.00188. The summed E-state index contributed by atoms with van der Waals surface area (Å²) in [5.74, 6) is 0.0568. The van der Waals surface area contributed by atoms with Gasteiger partial charge in [0.05, 0.1) is 30.5 Å². The molecule has 0 radical (unpaired) electrons. The average molecular weight is 578 g/mol. The number of likely N-dealkylation sites (N-methyl/N-ethyl adjacent to an activating group) is 1. The average Bonchev–Trinajstić information content (AvgIpc) is 3.58. The number of hydrogen-bond donors (Lipinski definition) is 2. The molecule has 1 saturated heterocycles. The Morgan fingerprint density at radius 3 is 2.74 bits per heavy atom. The van der Waals surface area contributed by atoms with E-state index in [1.165, 1.54) is 42.7 Å². The highest BCUT2D eigenvalue weighted by Gasteiger charge is 2.22. The van der Waals surface area contributed by atoms with Crippen molar-refractivity contribution in [3.63, 3.8) is 0 Å². The minimum atomic E-state index is -3.50. The molecule has 1 aromatic carbocycles. The summed E-state index contributed by atoms with van der Waals surface area (Å²) >= 11 is 1.20. The van der Waals surface area contributed by atoms with E-state index in [0.717, 1.165) is 0 Å². The van der Waals surface area contributed by atoms with E-state index in [2.05, 4.69) is 20.4 Å². The molecule has 14 heteroatoms. The maximum atomic E-state index is 13.3. The Balaban J connectivity index is 1.55. The molecule has 3 heterocycles. The van der Waals surface area contributed by atoms with E-state index in [1.807, 2.05) is 11.9 Å². The molecule has 1 atom stereocenters. The van der Waals surface area contributed by atoms with Gasteiger partial charge >= 0.3 is 0 Å². The number of rotatable bonds is 13. The third-order valence-electron chi connectivity index (χ3n) is 5.93. The Hall–Kier alpha value is -3.17. The van der Waals surface area contributed by atoms with Crippen LogP contribution in [0.15, 0.2) is 46.4 Å². The maximum absolute atomic E-state index is 13.3. The van der Waals surface area contributed by atoms with Crippen molar-refractivity contribution in [2.75, 3.05) is 63.1 Å². The van der Waals surface area contributed by atoms with Gasteiger partial charge in [0.2, 0.25) is 0 Å². The van der Waals surface area contributed by atoms with E-state index in [-0.39, 0.29) is 29.1 Å². The molecule has 1 amide bonds. The number of pyridine rings is 1. The fraction of sp³-hybridized carbons (Fsp3) is 0.440. The summed E-state index contributed by atoms with van der Waals surface area (Å²) in [7, 11) is -0.156. The van der Waals surface area contributed by atoms with E-state index >= 15 is 0 Å². The topological polar surface area (TPSA) is 153 Å². The number of methoxy groups -OCH3 is 1. The van der Waals surface area contributed by atoms with Crippen LogP contribution in [0.25, 0.3) is 10.3 Å². The summed E-state index contributed by atoms with van der Waals surface area (Å²) in [4.78, 5) is 30.5. The Bertz CT molecular complexity index is 1400. The van der Waals surface area contributed by atoms with Crippen LogP contribution in [0.2, 0.25) is 0 Å². The summed E-state index contributed by atoms with van der Waals surface area (Å²) < 4.78 is 35.5. The van der Waals surface area contributed by atoms with Gasteiger partial charge in [-0.15, -0.1) is 0 Å². The number of amides is 1. The number of carbonyl (C=O) groups is 1. The van der Waals surface area contributed by atoms with Gasteiger partial charge in [-0.3, -0.25) is 10.1 Å². The van der Waals surface area contributed by atoms with Gasteiger partial charge in [-0.1, -0.05) is 28.6 Å². The molecule has 2 N–H and O–H groups in total. The highest BCUT2D eigenvalue weighted by atomic mass is 32.2. The fourth-order valence-electron chi connectivity index (χ4n) is 3.77. The number of ether oxygens (including phenoxy) is 2. The van der Waals surface area contributed by atoms with Crippen LogP contribution in [0.1, 0.15) is 18.4 Å². The van der Waals surface area contributed by atoms with Gasteiger partial charge in [-0.05, 0) is 30.7 Å². The molecule has 2 aromatic heterocycles. The molecule has 12 nitrogen and oxygen atoms in total. The number of nitrogens with one attached hydrogen (secondary N) is 1. The molecule has 1 aliphatic rings. The second-order valence-corrected chi connectivity index (χ2v) is 11.9. The van der Waals surface area contributed by atoms with E-state index in [1.54, 1.807) is 12.1 Å². The van der Waals surface area contributed by atoms with Crippen molar-refractivity contribution in [3.05, 3.63) is 42.0 Å². The van der Waals surface area contributed by atoms with E-state index in [4.69, 9.17) is 14.3 Å². The van der Waals surface area contributed by atoms with Gasteiger partial charge in [0.25, 0.3) is 5.91 Å². The predicted octanol–water partition coefficient (Wildman–Crippen LogP) is 2.08. The third kappa shape index (κ3) is 7.48. The molecule has 0 bridgehead atoms. The minimum Gasteiger partial charge on any atom is -0.395 e. The zero-order valence-corrected chi connectivity index (χ0v) is 23.3. The molecule has 210 valence electrons. The molecule has 39 heavy (non-hydrogen) atoms. The van der Waals surface area contributed by atoms with E-state index < -0.39 is 15.7 Å². The molecular weight excluding hydrogens is 546 g/mol. The van der Waals surface area contributed by atoms with Gasteiger partial charge in [0.15, 0.2) is 26.8 Å². The monoisotopic (exact) mass is 577 g/mol. The lowest BCUT2D eigenvalue weighted by molar-refractivity contribution is -0.110. The second kappa shape index (κ2) is 13.3. The molecule has 0 spiro atoms. The molecule has 0 aliphatic carbocycles. The van der Waals surface area contributed by atoms with Crippen molar-refractivity contribution in [2.24, 2.45) is 5.16 Å². The number of anilines is 2. The highest BCUT2D eigenvalue weighted by Crippen LogP contribution is 2.27. The normalized spacial score (nSPS) is 16.0. The summed E-state index contributed by atoms with van der Waals surface area (Å²) in [6.45, 7) is 1.69. The molecule has 1 fully saturated rings. The lowest BCUT2D eigenvalue weighted by Gasteiger charge is -2.15. The SMILES string of the molecule is COCCCS(=O)(=O)c1ccc(/C(=N\O[C@@H]2CCOC2)C(=O)Nc2nc3ccc(N(C)CCO)nc3s2)cc1. The van der Waals surface area contributed by atoms with Crippen LogP contribution in [0, 0.1) is 0 Å². The van der Waals surface area contributed by atoms with Gasteiger partial charge in [0, 0.05) is 39.3 Å². The van der Waals surface area contributed by atoms with Crippen LogP contribution in [-0.2, 0) is 28.9 Å². The number of aliphatic hydroxyl groups is 1. The van der Waals surface area contributed by atoms with Crippen LogP contribution in [0.5, 0.6) is 0 Å². The molecule has 0 saturated carbocycles. The maximum Gasteiger partial charge on any atom is 0.280 e.